The number of aromatic nitrogens is 2. The fourth-order valence-corrected chi connectivity index (χ4v) is 3.24. The Morgan fingerprint density at radius 1 is 1.45 bits per heavy atom. The fourth-order valence-electron chi connectivity index (χ4n) is 3.24. The van der Waals surface area contributed by atoms with E-state index in [0.29, 0.717) is 5.92 Å². The van der Waals surface area contributed by atoms with Crippen molar-refractivity contribution in [2.24, 2.45) is 13.0 Å². The van der Waals surface area contributed by atoms with Gasteiger partial charge in [-0.05, 0) is 42.9 Å². The Kier molecular flexibility index (Phi) is 3.83. The highest BCUT2D eigenvalue weighted by Gasteiger charge is 2.24. The molecule has 6 nitrogen and oxygen atoms in total. The predicted molar refractivity (Wildman–Crippen MR) is 85.1 cm³/mol. The van der Waals surface area contributed by atoms with E-state index in [1.807, 2.05) is 30.9 Å². The SMILES string of the molecule is Cc1cc([N+](=O)[O-])ccc1N1CCC(Cc2cnn(C)c2)C1. The van der Waals surface area contributed by atoms with Gasteiger partial charge in [-0.3, -0.25) is 14.8 Å². The summed E-state index contributed by atoms with van der Waals surface area (Å²) < 4.78 is 1.84. The second-order valence-electron chi connectivity index (χ2n) is 6.05. The maximum absolute atomic E-state index is 10.8. The molecule has 22 heavy (non-hydrogen) atoms. The minimum atomic E-state index is -0.341. The van der Waals surface area contributed by atoms with Crippen LogP contribution in [-0.4, -0.2) is 27.8 Å². The van der Waals surface area contributed by atoms with Gasteiger partial charge in [-0.15, -0.1) is 0 Å². The second-order valence-corrected chi connectivity index (χ2v) is 6.05. The second kappa shape index (κ2) is 5.79. The fraction of sp³-hybridized carbons (Fsp3) is 0.438. The summed E-state index contributed by atoms with van der Waals surface area (Å²) in [5, 5.41) is 15.0. The summed E-state index contributed by atoms with van der Waals surface area (Å²) in [5.74, 6) is 0.610. The topological polar surface area (TPSA) is 64.2 Å². The standard InChI is InChI=1S/C16H20N4O2/c1-12-7-15(20(21)22)3-4-16(12)19-6-5-13(11-19)8-14-9-17-18(2)10-14/h3-4,7,9-10,13H,5-6,8,11H2,1-2H3. The number of aryl methyl sites for hydroxylation is 2. The zero-order valence-corrected chi connectivity index (χ0v) is 12.9. The molecule has 0 saturated carbocycles. The van der Waals surface area contributed by atoms with E-state index in [2.05, 4.69) is 16.2 Å². The van der Waals surface area contributed by atoms with Crippen LogP contribution in [0.1, 0.15) is 17.5 Å². The van der Waals surface area contributed by atoms with Crippen molar-refractivity contribution in [2.75, 3.05) is 18.0 Å². The third-order valence-electron chi connectivity index (χ3n) is 4.30. The summed E-state index contributed by atoms with van der Waals surface area (Å²) in [5.41, 5.74) is 3.51. The van der Waals surface area contributed by atoms with Crippen LogP contribution in [0.25, 0.3) is 0 Å². The molecule has 2 aromatic rings. The van der Waals surface area contributed by atoms with Gasteiger partial charge in [0, 0.05) is 44.2 Å². The zero-order chi connectivity index (χ0) is 15.7. The summed E-state index contributed by atoms with van der Waals surface area (Å²) in [6, 6.07) is 5.13. The maximum atomic E-state index is 10.8. The van der Waals surface area contributed by atoms with Crippen LogP contribution in [0.5, 0.6) is 0 Å². The third-order valence-corrected chi connectivity index (χ3v) is 4.30. The van der Waals surface area contributed by atoms with Crippen LogP contribution in [0.15, 0.2) is 30.6 Å². The number of hydrogen-bond donors (Lipinski definition) is 0. The van der Waals surface area contributed by atoms with E-state index >= 15 is 0 Å². The molecule has 6 heteroatoms. The van der Waals surface area contributed by atoms with Gasteiger partial charge in [0.25, 0.3) is 5.69 Å². The Hall–Kier alpha value is -2.37. The Morgan fingerprint density at radius 3 is 2.91 bits per heavy atom. The van der Waals surface area contributed by atoms with E-state index in [4.69, 9.17) is 0 Å². The van der Waals surface area contributed by atoms with Crippen LogP contribution in [0.2, 0.25) is 0 Å². The zero-order valence-electron chi connectivity index (χ0n) is 12.9. The molecule has 1 aromatic heterocycles. The van der Waals surface area contributed by atoms with Crippen molar-refractivity contribution in [3.8, 4) is 0 Å². The lowest BCUT2D eigenvalue weighted by atomic mass is 10.0. The number of nitro benzene ring substituents is 1. The quantitative estimate of drug-likeness (QED) is 0.643. The van der Waals surface area contributed by atoms with E-state index in [1.165, 1.54) is 5.56 Å². The molecule has 0 radical (unpaired) electrons. The van der Waals surface area contributed by atoms with Crippen molar-refractivity contribution >= 4 is 11.4 Å². The van der Waals surface area contributed by atoms with Gasteiger partial charge < -0.3 is 4.90 Å². The summed E-state index contributed by atoms with van der Waals surface area (Å²) in [6.07, 6.45) is 6.18. The van der Waals surface area contributed by atoms with Crippen molar-refractivity contribution in [2.45, 2.75) is 19.8 Å². The molecule has 1 aliphatic rings. The minimum Gasteiger partial charge on any atom is -0.371 e. The van der Waals surface area contributed by atoms with Gasteiger partial charge in [-0.2, -0.15) is 5.10 Å². The number of non-ortho nitro benzene ring substituents is 1. The van der Waals surface area contributed by atoms with Gasteiger partial charge in [0.2, 0.25) is 0 Å². The van der Waals surface area contributed by atoms with Gasteiger partial charge in [-0.25, -0.2) is 0 Å². The Morgan fingerprint density at radius 2 is 2.27 bits per heavy atom. The number of hydrogen-bond acceptors (Lipinski definition) is 4. The number of nitro groups is 1. The normalized spacial score (nSPS) is 17.9. The van der Waals surface area contributed by atoms with Crippen molar-refractivity contribution in [3.05, 3.63) is 51.8 Å². The monoisotopic (exact) mass is 300 g/mol. The molecule has 1 aromatic carbocycles. The first-order valence-corrected chi connectivity index (χ1v) is 7.50. The van der Waals surface area contributed by atoms with Gasteiger partial charge in [0.05, 0.1) is 11.1 Å². The molecule has 2 heterocycles. The van der Waals surface area contributed by atoms with E-state index in [1.54, 1.807) is 12.1 Å². The van der Waals surface area contributed by atoms with E-state index in [0.717, 1.165) is 37.2 Å². The minimum absolute atomic E-state index is 0.160. The van der Waals surface area contributed by atoms with E-state index in [-0.39, 0.29) is 10.6 Å². The van der Waals surface area contributed by atoms with Crippen molar-refractivity contribution in [1.29, 1.82) is 0 Å². The number of rotatable bonds is 4. The molecule has 116 valence electrons. The first-order chi connectivity index (χ1) is 10.5. The lowest BCUT2D eigenvalue weighted by Crippen LogP contribution is -2.21. The lowest BCUT2D eigenvalue weighted by molar-refractivity contribution is -0.384. The van der Waals surface area contributed by atoms with Crippen LogP contribution in [0.3, 0.4) is 0 Å². The molecule has 1 saturated heterocycles. The van der Waals surface area contributed by atoms with Gasteiger partial charge in [-0.1, -0.05) is 0 Å². The first kappa shape index (κ1) is 14.6. The first-order valence-electron chi connectivity index (χ1n) is 7.50. The molecule has 1 unspecified atom stereocenters. The van der Waals surface area contributed by atoms with Gasteiger partial charge >= 0.3 is 0 Å². The summed E-state index contributed by atoms with van der Waals surface area (Å²) in [7, 11) is 1.94. The smallest absolute Gasteiger partial charge is 0.269 e. The van der Waals surface area contributed by atoms with Crippen LogP contribution < -0.4 is 4.90 Å². The molecule has 0 bridgehead atoms. The summed E-state index contributed by atoms with van der Waals surface area (Å²) in [4.78, 5) is 12.8. The molecule has 0 amide bonds. The van der Waals surface area contributed by atoms with Gasteiger partial charge in [0.1, 0.15) is 0 Å². The Balaban J connectivity index is 1.68. The molecular weight excluding hydrogens is 280 g/mol. The van der Waals surface area contributed by atoms with E-state index in [9.17, 15) is 10.1 Å². The lowest BCUT2D eigenvalue weighted by Gasteiger charge is -2.20. The van der Waals surface area contributed by atoms with Crippen LogP contribution in [-0.2, 0) is 13.5 Å². The van der Waals surface area contributed by atoms with Crippen molar-refractivity contribution < 1.29 is 4.92 Å². The predicted octanol–water partition coefficient (Wildman–Crippen LogP) is 2.71. The van der Waals surface area contributed by atoms with Gasteiger partial charge in [0.15, 0.2) is 0 Å². The number of nitrogens with zero attached hydrogens (tertiary/aromatic N) is 4. The largest absolute Gasteiger partial charge is 0.371 e. The highest BCUT2D eigenvalue weighted by molar-refractivity contribution is 5.58. The molecule has 1 fully saturated rings. The molecule has 1 aliphatic heterocycles. The number of benzene rings is 1. The highest BCUT2D eigenvalue weighted by atomic mass is 16.6. The molecule has 1 atom stereocenters. The average Bonchev–Trinajstić information content (AvgIpc) is 3.08. The maximum Gasteiger partial charge on any atom is 0.269 e. The molecule has 0 aliphatic carbocycles. The van der Waals surface area contributed by atoms with Crippen molar-refractivity contribution in [1.82, 2.24) is 9.78 Å². The van der Waals surface area contributed by atoms with E-state index < -0.39 is 0 Å². The molecule has 0 N–H and O–H groups in total. The van der Waals surface area contributed by atoms with Crippen LogP contribution in [0, 0.1) is 23.0 Å². The molecule has 3 rings (SSSR count). The van der Waals surface area contributed by atoms with Crippen LogP contribution in [0.4, 0.5) is 11.4 Å². The van der Waals surface area contributed by atoms with Crippen LogP contribution >= 0.6 is 0 Å². The summed E-state index contributed by atoms with van der Waals surface area (Å²) in [6.45, 7) is 3.94. The third kappa shape index (κ3) is 2.95. The number of anilines is 1. The highest BCUT2D eigenvalue weighted by Crippen LogP contribution is 2.30. The Bertz CT molecular complexity index is 695. The molecular formula is C16H20N4O2. The van der Waals surface area contributed by atoms with Crippen molar-refractivity contribution in [3.63, 3.8) is 0 Å². The Labute approximate surface area is 129 Å². The molecule has 0 spiro atoms. The summed E-state index contributed by atoms with van der Waals surface area (Å²) >= 11 is 0. The average molecular weight is 300 g/mol.